The summed E-state index contributed by atoms with van der Waals surface area (Å²) in [6.07, 6.45) is -5.01. The second kappa shape index (κ2) is 12.3. The third-order valence-electron chi connectivity index (χ3n) is 5.41. The molecule has 0 aliphatic carbocycles. The fourth-order valence-corrected chi connectivity index (χ4v) is 3.70. The van der Waals surface area contributed by atoms with Crippen LogP contribution in [0.3, 0.4) is 0 Å². The molecule has 0 amide bonds. The maximum absolute atomic E-state index is 12.9. The molecule has 1 heterocycles. The molecule has 1 aliphatic heterocycles. The van der Waals surface area contributed by atoms with Crippen molar-refractivity contribution in [1.29, 1.82) is 0 Å². The Bertz CT molecular complexity index is 877. The van der Waals surface area contributed by atoms with Gasteiger partial charge >= 0.3 is 6.18 Å². The number of hydrogen-bond acceptors (Lipinski definition) is 6. The lowest BCUT2D eigenvalue weighted by atomic mass is 10.1. The number of benzene rings is 2. The number of piperazine rings is 1. The van der Waals surface area contributed by atoms with E-state index < -0.39 is 17.8 Å². The van der Waals surface area contributed by atoms with Gasteiger partial charge in [-0.05, 0) is 35.9 Å². The zero-order chi connectivity index (χ0) is 23.1. The lowest BCUT2D eigenvalue weighted by Crippen LogP contribution is -2.49. The highest BCUT2D eigenvalue weighted by Crippen LogP contribution is 2.32. The standard InChI is InChI=1S/C23H29F3N2O4.ClH/c1-30-21-7-6-17(12-22(21)31-2)15-32-16-20(29)14-27-8-10-28(11-9-27)19-5-3-4-18(13-19)23(24,25)26;/h3-7,12-13,20,29H,8-11,14-16H2,1-2H3;1H. The first-order valence-corrected chi connectivity index (χ1v) is 10.4. The van der Waals surface area contributed by atoms with Crippen LogP contribution in [0.15, 0.2) is 42.5 Å². The number of ether oxygens (including phenoxy) is 3. The Morgan fingerprint density at radius 3 is 2.30 bits per heavy atom. The van der Waals surface area contributed by atoms with E-state index in [1.165, 1.54) is 12.1 Å². The fraction of sp³-hybridized carbons (Fsp3) is 0.478. The Morgan fingerprint density at radius 1 is 0.970 bits per heavy atom. The molecule has 0 radical (unpaired) electrons. The SMILES string of the molecule is COc1ccc(COCC(O)CN2CCN(c3cccc(C(F)(F)F)c3)CC2)cc1OC.Cl. The van der Waals surface area contributed by atoms with Gasteiger partial charge in [-0.25, -0.2) is 0 Å². The predicted octanol–water partition coefficient (Wildman–Crippen LogP) is 3.84. The Kier molecular flexibility index (Phi) is 10.1. The smallest absolute Gasteiger partial charge is 0.416 e. The average molecular weight is 491 g/mol. The van der Waals surface area contributed by atoms with E-state index in [1.807, 2.05) is 17.0 Å². The van der Waals surface area contributed by atoms with Crippen LogP contribution in [0.5, 0.6) is 11.5 Å². The van der Waals surface area contributed by atoms with Crippen molar-refractivity contribution in [1.82, 2.24) is 4.90 Å². The molecule has 1 atom stereocenters. The van der Waals surface area contributed by atoms with E-state index >= 15 is 0 Å². The normalized spacial score (nSPS) is 15.6. The number of β-amino-alcohol motifs (C(OH)–C–C–N with tert-alkyl or cyclic N) is 1. The van der Waals surface area contributed by atoms with Crippen LogP contribution in [0.1, 0.15) is 11.1 Å². The van der Waals surface area contributed by atoms with E-state index in [0.29, 0.717) is 56.5 Å². The molecule has 6 nitrogen and oxygen atoms in total. The van der Waals surface area contributed by atoms with Crippen molar-refractivity contribution in [3.8, 4) is 11.5 Å². The van der Waals surface area contributed by atoms with E-state index in [1.54, 1.807) is 26.4 Å². The molecule has 1 aliphatic rings. The molecule has 1 N–H and O–H groups in total. The molecule has 0 saturated carbocycles. The molecule has 2 aromatic rings. The number of rotatable bonds is 9. The van der Waals surface area contributed by atoms with E-state index in [0.717, 1.165) is 11.6 Å². The van der Waals surface area contributed by atoms with Crippen molar-refractivity contribution in [3.05, 3.63) is 53.6 Å². The van der Waals surface area contributed by atoms with Gasteiger partial charge in [0.25, 0.3) is 0 Å². The van der Waals surface area contributed by atoms with Crippen molar-refractivity contribution < 1.29 is 32.5 Å². The minimum absolute atomic E-state index is 0. The zero-order valence-corrected chi connectivity index (χ0v) is 19.5. The summed E-state index contributed by atoms with van der Waals surface area (Å²) in [6.45, 7) is 3.47. The van der Waals surface area contributed by atoms with Crippen LogP contribution in [0, 0.1) is 0 Å². The van der Waals surface area contributed by atoms with Crippen molar-refractivity contribution in [2.45, 2.75) is 18.9 Å². The van der Waals surface area contributed by atoms with Crippen LogP contribution < -0.4 is 14.4 Å². The van der Waals surface area contributed by atoms with E-state index in [9.17, 15) is 18.3 Å². The van der Waals surface area contributed by atoms with Crippen molar-refractivity contribution in [3.63, 3.8) is 0 Å². The van der Waals surface area contributed by atoms with Crippen molar-refractivity contribution in [2.75, 3.05) is 58.5 Å². The van der Waals surface area contributed by atoms with Crippen molar-refractivity contribution >= 4 is 18.1 Å². The third-order valence-corrected chi connectivity index (χ3v) is 5.41. The summed E-state index contributed by atoms with van der Waals surface area (Å²) in [5, 5.41) is 10.3. The van der Waals surface area contributed by atoms with Gasteiger partial charge in [0.1, 0.15) is 0 Å². The minimum Gasteiger partial charge on any atom is -0.493 e. The minimum atomic E-state index is -4.35. The van der Waals surface area contributed by atoms with Crippen LogP contribution in [0.25, 0.3) is 0 Å². The average Bonchev–Trinajstić information content (AvgIpc) is 2.79. The maximum Gasteiger partial charge on any atom is 0.416 e. The molecular formula is C23H30ClF3N2O4. The number of halogens is 4. The third kappa shape index (κ3) is 7.67. The number of nitrogens with zero attached hydrogens (tertiary/aromatic N) is 2. The van der Waals surface area contributed by atoms with Crippen molar-refractivity contribution in [2.24, 2.45) is 0 Å². The maximum atomic E-state index is 12.9. The van der Waals surface area contributed by atoms with Gasteiger partial charge in [-0.15, -0.1) is 12.4 Å². The Morgan fingerprint density at radius 2 is 1.67 bits per heavy atom. The van der Waals surface area contributed by atoms with Gasteiger partial charge in [-0.3, -0.25) is 4.90 Å². The van der Waals surface area contributed by atoms with Gasteiger partial charge in [-0.1, -0.05) is 12.1 Å². The summed E-state index contributed by atoms with van der Waals surface area (Å²) in [5.41, 5.74) is 0.835. The Hall–Kier alpha value is -2.20. The van der Waals surface area contributed by atoms with Crippen LogP contribution in [-0.4, -0.2) is 69.7 Å². The molecule has 1 unspecified atom stereocenters. The number of alkyl halides is 3. The van der Waals surface area contributed by atoms with Crippen LogP contribution >= 0.6 is 12.4 Å². The zero-order valence-electron chi connectivity index (χ0n) is 18.7. The second-order valence-corrected chi connectivity index (χ2v) is 7.69. The summed E-state index contributed by atoms with van der Waals surface area (Å²) in [7, 11) is 3.14. The molecule has 3 rings (SSSR count). The predicted molar refractivity (Wildman–Crippen MR) is 123 cm³/mol. The van der Waals surface area contributed by atoms with E-state index in [4.69, 9.17) is 14.2 Å². The number of anilines is 1. The molecule has 0 bridgehead atoms. The van der Waals surface area contributed by atoms with Gasteiger partial charge in [0.15, 0.2) is 11.5 Å². The van der Waals surface area contributed by atoms with Gasteiger partial charge < -0.3 is 24.2 Å². The number of methoxy groups -OCH3 is 2. The highest BCUT2D eigenvalue weighted by molar-refractivity contribution is 5.85. The van der Waals surface area contributed by atoms with E-state index in [2.05, 4.69) is 4.90 Å². The van der Waals surface area contributed by atoms with Gasteiger partial charge in [0.2, 0.25) is 0 Å². The summed E-state index contributed by atoms with van der Waals surface area (Å²) >= 11 is 0. The molecule has 184 valence electrons. The second-order valence-electron chi connectivity index (χ2n) is 7.69. The van der Waals surface area contributed by atoms with Crippen LogP contribution in [0.2, 0.25) is 0 Å². The molecule has 10 heteroatoms. The quantitative estimate of drug-likeness (QED) is 0.576. The largest absolute Gasteiger partial charge is 0.493 e. The topological polar surface area (TPSA) is 54.4 Å². The first-order chi connectivity index (χ1) is 15.3. The lowest BCUT2D eigenvalue weighted by molar-refractivity contribution is -0.137. The fourth-order valence-electron chi connectivity index (χ4n) is 3.70. The molecule has 1 saturated heterocycles. The molecule has 33 heavy (non-hydrogen) atoms. The van der Waals surface area contributed by atoms with Gasteiger partial charge in [-0.2, -0.15) is 13.2 Å². The lowest BCUT2D eigenvalue weighted by Gasteiger charge is -2.37. The molecular weight excluding hydrogens is 461 g/mol. The van der Waals surface area contributed by atoms with Gasteiger partial charge in [0.05, 0.1) is 39.1 Å². The highest BCUT2D eigenvalue weighted by atomic mass is 35.5. The first kappa shape index (κ1) is 27.0. The highest BCUT2D eigenvalue weighted by Gasteiger charge is 2.31. The Labute approximate surface area is 198 Å². The number of aliphatic hydroxyl groups is 1. The molecule has 0 spiro atoms. The Balaban J connectivity index is 0.00000385. The van der Waals surface area contributed by atoms with Crippen LogP contribution in [-0.2, 0) is 17.5 Å². The monoisotopic (exact) mass is 490 g/mol. The summed E-state index contributed by atoms with van der Waals surface area (Å²) < 4.78 is 55.0. The van der Waals surface area contributed by atoms with Crippen LogP contribution in [0.4, 0.5) is 18.9 Å². The summed E-state index contributed by atoms with van der Waals surface area (Å²) in [6, 6.07) is 10.9. The molecule has 2 aromatic carbocycles. The number of aliphatic hydroxyl groups excluding tert-OH is 1. The van der Waals surface area contributed by atoms with Gasteiger partial charge in [0, 0.05) is 38.4 Å². The summed E-state index contributed by atoms with van der Waals surface area (Å²) in [5.74, 6) is 1.26. The number of hydrogen-bond donors (Lipinski definition) is 1. The molecule has 1 fully saturated rings. The van der Waals surface area contributed by atoms with E-state index in [-0.39, 0.29) is 19.0 Å². The summed E-state index contributed by atoms with van der Waals surface area (Å²) in [4.78, 5) is 4.03. The first-order valence-electron chi connectivity index (χ1n) is 10.4. The molecule has 0 aromatic heterocycles.